The molecule has 2 aromatic heterocycles. The molecule has 2 amide bonds. The Morgan fingerprint density at radius 1 is 1.26 bits per heavy atom. The summed E-state index contributed by atoms with van der Waals surface area (Å²) in [6, 6.07) is 6.85. The lowest BCUT2D eigenvalue weighted by Gasteiger charge is -2.17. The Bertz CT molecular complexity index is 1530. The number of ether oxygens (including phenoxy) is 1. The van der Waals surface area contributed by atoms with Crippen molar-refractivity contribution in [3.05, 3.63) is 36.2 Å². The number of hydrogen-bond donors (Lipinski definition) is 3. The number of thiazole rings is 1. The van der Waals surface area contributed by atoms with Crippen LogP contribution in [0.4, 0.5) is 21.4 Å². The number of rotatable bonds is 8. The molecule has 1 saturated heterocycles. The van der Waals surface area contributed by atoms with E-state index in [0.29, 0.717) is 46.5 Å². The number of sulfone groups is 1. The number of fused-ring (bicyclic) bond motifs is 1. The summed E-state index contributed by atoms with van der Waals surface area (Å²) in [6.07, 6.45) is 2.18. The second-order valence-corrected chi connectivity index (χ2v) is 13.5. The van der Waals surface area contributed by atoms with Crippen molar-refractivity contribution < 1.29 is 22.7 Å². The molecule has 3 unspecified atom stereocenters. The molecular weight excluding hydrogens is 528 g/mol. The molecule has 200 valence electrons. The van der Waals surface area contributed by atoms with Crippen molar-refractivity contribution in [1.82, 2.24) is 20.5 Å². The Morgan fingerprint density at radius 3 is 2.68 bits per heavy atom. The quantitative estimate of drug-likeness (QED) is 0.381. The molecule has 3 heterocycles. The molecular formula is C25H28N6O5S2. The highest BCUT2D eigenvalue weighted by molar-refractivity contribution is 7.92. The van der Waals surface area contributed by atoms with E-state index >= 15 is 0 Å². The van der Waals surface area contributed by atoms with E-state index in [1.165, 1.54) is 11.3 Å². The Hall–Kier alpha value is -3.45. The zero-order chi connectivity index (χ0) is 26.8. The van der Waals surface area contributed by atoms with Crippen LogP contribution < -0.4 is 15.5 Å². The predicted molar refractivity (Wildman–Crippen MR) is 142 cm³/mol. The maximum absolute atomic E-state index is 13.4. The highest BCUT2D eigenvalue weighted by Gasteiger charge is 2.63. The van der Waals surface area contributed by atoms with Crippen molar-refractivity contribution in [2.24, 2.45) is 11.8 Å². The van der Waals surface area contributed by atoms with Gasteiger partial charge in [-0.25, -0.2) is 18.2 Å². The number of carbonyl (C=O) groups is 2. The van der Waals surface area contributed by atoms with E-state index in [1.54, 1.807) is 37.1 Å². The molecule has 3 N–H and O–H groups in total. The number of alkyl carbamates (subject to hydrolysis) is 1. The largest absolute Gasteiger partial charge is 0.447 e. The first-order valence-corrected chi connectivity index (χ1v) is 14.9. The first kappa shape index (κ1) is 24.9. The zero-order valence-corrected chi connectivity index (χ0v) is 22.7. The van der Waals surface area contributed by atoms with Gasteiger partial charge in [0.2, 0.25) is 5.91 Å². The van der Waals surface area contributed by atoms with E-state index in [0.717, 1.165) is 5.69 Å². The molecule has 13 heteroatoms. The first-order chi connectivity index (χ1) is 18.1. The molecule has 3 atom stereocenters. The van der Waals surface area contributed by atoms with E-state index in [1.807, 2.05) is 19.1 Å². The van der Waals surface area contributed by atoms with Gasteiger partial charge in [-0.2, -0.15) is 5.10 Å². The number of aromatic amines is 1. The van der Waals surface area contributed by atoms with Crippen molar-refractivity contribution in [1.29, 1.82) is 0 Å². The van der Waals surface area contributed by atoms with Crippen LogP contribution in [0, 0.1) is 18.8 Å². The molecule has 1 aliphatic heterocycles. The number of piperidine rings is 1. The number of carbonyl (C=O) groups excluding carboxylic acids is 2. The minimum atomic E-state index is -3.53. The fourth-order valence-electron chi connectivity index (χ4n) is 4.91. The van der Waals surface area contributed by atoms with Gasteiger partial charge < -0.3 is 15.4 Å². The molecule has 2 aliphatic carbocycles. The number of aromatic nitrogens is 3. The number of aryl methyl sites for hydroxylation is 1. The van der Waals surface area contributed by atoms with Crippen molar-refractivity contribution in [3.8, 4) is 10.4 Å². The summed E-state index contributed by atoms with van der Waals surface area (Å²) in [6.45, 7) is 5.87. The average molecular weight is 557 g/mol. The SMILES string of the molecule is Cc1cc(Nc2ccc(-c3cnc(N4CC5C(NC(=O)OC(C)C)C5C4=O)s3)c(S(=O)(=O)C3CC3)c2)n[nH]1. The summed E-state index contributed by atoms with van der Waals surface area (Å²) in [5, 5.41) is 13.1. The van der Waals surface area contributed by atoms with Crippen molar-refractivity contribution in [3.63, 3.8) is 0 Å². The predicted octanol–water partition coefficient (Wildman–Crippen LogP) is 3.62. The maximum Gasteiger partial charge on any atom is 0.407 e. The third-order valence-electron chi connectivity index (χ3n) is 6.96. The van der Waals surface area contributed by atoms with Gasteiger partial charge in [-0.1, -0.05) is 17.4 Å². The lowest BCUT2D eigenvalue weighted by atomic mass is 10.2. The molecule has 1 aromatic carbocycles. The topological polar surface area (TPSA) is 146 Å². The Kier molecular flexibility index (Phi) is 5.94. The Labute approximate surface area is 223 Å². The number of nitrogens with one attached hydrogen (secondary N) is 3. The zero-order valence-electron chi connectivity index (χ0n) is 21.1. The lowest BCUT2D eigenvalue weighted by Crippen LogP contribution is -2.38. The second-order valence-electron chi connectivity index (χ2n) is 10.3. The van der Waals surface area contributed by atoms with E-state index in [4.69, 9.17) is 4.74 Å². The van der Waals surface area contributed by atoms with Gasteiger partial charge in [0.05, 0.1) is 27.0 Å². The van der Waals surface area contributed by atoms with Crippen LogP contribution in [0.3, 0.4) is 0 Å². The molecule has 3 aromatic rings. The summed E-state index contributed by atoms with van der Waals surface area (Å²) in [7, 11) is -3.53. The van der Waals surface area contributed by atoms with E-state index in [9.17, 15) is 18.0 Å². The molecule has 3 aliphatic rings. The fourth-order valence-corrected chi connectivity index (χ4v) is 7.84. The van der Waals surface area contributed by atoms with Gasteiger partial charge in [0.1, 0.15) is 0 Å². The molecule has 0 bridgehead atoms. The summed E-state index contributed by atoms with van der Waals surface area (Å²) >= 11 is 1.29. The third-order valence-corrected chi connectivity index (χ3v) is 10.3. The highest BCUT2D eigenvalue weighted by Crippen LogP contribution is 2.49. The third kappa shape index (κ3) is 4.53. The molecule has 2 saturated carbocycles. The van der Waals surface area contributed by atoms with Crippen LogP contribution in [0.15, 0.2) is 35.4 Å². The van der Waals surface area contributed by atoms with Crippen molar-refractivity contribution in [2.45, 2.75) is 55.9 Å². The summed E-state index contributed by atoms with van der Waals surface area (Å²) in [4.78, 5) is 32.0. The minimum absolute atomic E-state index is 0.0106. The van der Waals surface area contributed by atoms with Crippen LogP contribution >= 0.6 is 11.3 Å². The van der Waals surface area contributed by atoms with Crippen LogP contribution in [0.1, 0.15) is 32.4 Å². The van der Waals surface area contributed by atoms with Crippen molar-refractivity contribution >= 4 is 49.8 Å². The van der Waals surface area contributed by atoms with Gasteiger partial charge in [-0.3, -0.25) is 14.8 Å². The second kappa shape index (κ2) is 9.09. The van der Waals surface area contributed by atoms with E-state index in [-0.39, 0.29) is 40.0 Å². The monoisotopic (exact) mass is 556 g/mol. The molecule has 11 nitrogen and oxygen atoms in total. The Balaban J connectivity index is 1.23. The highest BCUT2D eigenvalue weighted by atomic mass is 32.2. The lowest BCUT2D eigenvalue weighted by molar-refractivity contribution is -0.118. The van der Waals surface area contributed by atoms with Crippen molar-refractivity contribution in [2.75, 3.05) is 16.8 Å². The van der Waals surface area contributed by atoms with Gasteiger partial charge >= 0.3 is 6.09 Å². The maximum atomic E-state index is 13.4. The first-order valence-electron chi connectivity index (χ1n) is 12.5. The minimum Gasteiger partial charge on any atom is -0.447 e. The van der Waals surface area contributed by atoms with Crippen LogP contribution in [0.25, 0.3) is 10.4 Å². The average Bonchev–Trinajstić information content (AvgIpc) is 3.67. The van der Waals surface area contributed by atoms with Crippen LogP contribution in [0.2, 0.25) is 0 Å². The van der Waals surface area contributed by atoms with Gasteiger partial charge in [0, 0.05) is 47.7 Å². The van der Waals surface area contributed by atoms with Crippen LogP contribution in [0.5, 0.6) is 0 Å². The van der Waals surface area contributed by atoms with E-state index < -0.39 is 15.9 Å². The Morgan fingerprint density at radius 2 is 2.05 bits per heavy atom. The molecule has 3 fully saturated rings. The molecule has 0 spiro atoms. The molecule has 38 heavy (non-hydrogen) atoms. The summed E-state index contributed by atoms with van der Waals surface area (Å²) in [5.74, 6) is 0.229. The summed E-state index contributed by atoms with van der Waals surface area (Å²) in [5.41, 5.74) is 2.07. The smallest absolute Gasteiger partial charge is 0.407 e. The van der Waals surface area contributed by atoms with Gasteiger partial charge in [0.15, 0.2) is 20.8 Å². The number of H-pyrrole nitrogens is 1. The van der Waals surface area contributed by atoms with E-state index in [2.05, 4.69) is 25.8 Å². The normalized spacial score (nSPS) is 22.5. The number of benzene rings is 1. The van der Waals surface area contributed by atoms with Gasteiger partial charge in [-0.05, 0) is 45.7 Å². The van der Waals surface area contributed by atoms with Crippen LogP contribution in [-0.2, 0) is 19.4 Å². The number of anilines is 3. The van der Waals surface area contributed by atoms with Gasteiger partial charge in [0.25, 0.3) is 0 Å². The number of amides is 2. The standard InChI is InChI=1S/C25H28N6O5S2/c1-12(2)36-25(33)28-22-17-11-31(23(32)21(17)22)24-26-10-18(37-24)16-7-4-14(27-20-8-13(3)29-30-20)9-19(16)38(34,35)15-5-6-15/h4,7-10,12,15,17,21-22H,5-6,11H2,1-3H3,(H,28,33)(H2,27,29,30). The summed E-state index contributed by atoms with van der Waals surface area (Å²) < 4.78 is 31.9. The molecule has 0 radical (unpaired) electrons. The van der Waals surface area contributed by atoms with Crippen LogP contribution in [-0.4, -0.2) is 59.5 Å². The number of hydrogen-bond acceptors (Lipinski definition) is 9. The molecule has 6 rings (SSSR count). The number of nitrogens with zero attached hydrogens (tertiary/aromatic N) is 3. The van der Waals surface area contributed by atoms with Gasteiger partial charge in [-0.15, -0.1) is 0 Å². The fraction of sp³-hybridized carbons (Fsp3) is 0.440.